The highest BCUT2D eigenvalue weighted by Gasteiger charge is 2.23. The molecule has 2 aromatic carbocycles. The van der Waals surface area contributed by atoms with Gasteiger partial charge in [-0.3, -0.25) is 0 Å². The summed E-state index contributed by atoms with van der Waals surface area (Å²) in [5, 5.41) is 10.5. The standard InChI is InChI=1S/C24H34N2O3/c1-4-19(2)23-7-5-6-8-24(23)29-18-21(27)17-25-13-15-26(16-14-25)20-9-11-22(28-3)12-10-20/h5-12,19,21,27H,4,13-18H2,1-3H3/p+1/t19-,21+/m0/s1. The van der Waals surface area contributed by atoms with E-state index in [1.54, 1.807) is 7.11 Å². The van der Waals surface area contributed by atoms with E-state index < -0.39 is 6.10 Å². The summed E-state index contributed by atoms with van der Waals surface area (Å²) in [5.41, 5.74) is 2.46. The van der Waals surface area contributed by atoms with E-state index in [1.165, 1.54) is 16.2 Å². The van der Waals surface area contributed by atoms with E-state index in [0.717, 1.165) is 50.6 Å². The smallest absolute Gasteiger partial charge is 0.137 e. The molecule has 0 unspecified atom stereocenters. The van der Waals surface area contributed by atoms with Gasteiger partial charge in [-0.05, 0) is 48.2 Å². The highest BCUT2D eigenvalue weighted by Crippen LogP contribution is 2.28. The Kier molecular flexibility index (Phi) is 7.78. The summed E-state index contributed by atoms with van der Waals surface area (Å²) < 4.78 is 11.2. The lowest BCUT2D eigenvalue weighted by Gasteiger charge is -2.34. The van der Waals surface area contributed by atoms with E-state index in [-0.39, 0.29) is 0 Å². The molecule has 0 aromatic heterocycles. The molecule has 0 aliphatic carbocycles. The molecule has 1 fully saturated rings. The topological polar surface area (TPSA) is 46.4 Å². The summed E-state index contributed by atoms with van der Waals surface area (Å²) in [7, 11) is 1.69. The predicted octanol–water partition coefficient (Wildman–Crippen LogP) is 2.35. The van der Waals surface area contributed by atoms with Crippen LogP contribution in [-0.2, 0) is 0 Å². The Balaban J connectivity index is 1.45. The van der Waals surface area contributed by atoms with Crippen LogP contribution in [0, 0.1) is 0 Å². The molecule has 1 saturated heterocycles. The van der Waals surface area contributed by atoms with Crippen LogP contribution in [-0.4, -0.2) is 57.7 Å². The first kappa shape index (κ1) is 21.5. The zero-order chi connectivity index (χ0) is 20.6. The van der Waals surface area contributed by atoms with Crippen LogP contribution in [0.3, 0.4) is 0 Å². The lowest BCUT2D eigenvalue weighted by molar-refractivity contribution is -0.903. The molecule has 2 atom stereocenters. The lowest BCUT2D eigenvalue weighted by atomic mass is 9.98. The maximum atomic E-state index is 10.5. The third kappa shape index (κ3) is 5.87. The Morgan fingerprint density at radius 3 is 2.41 bits per heavy atom. The number of ether oxygens (including phenoxy) is 2. The number of para-hydroxylation sites is 1. The summed E-state index contributed by atoms with van der Waals surface area (Å²) >= 11 is 0. The van der Waals surface area contributed by atoms with Crippen molar-refractivity contribution in [3.05, 3.63) is 54.1 Å². The summed E-state index contributed by atoms with van der Waals surface area (Å²) in [5.74, 6) is 2.25. The molecular formula is C24H35N2O3+. The van der Waals surface area contributed by atoms with Crippen LogP contribution in [0.5, 0.6) is 11.5 Å². The second-order valence-electron chi connectivity index (χ2n) is 7.95. The normalized spacial score (nSPS) is 17.0. The molecule has 0 bridgehead atoms. The Labute approximate surface area is 174 Å². The molecule has 0 spiro atoms. The zero-order valence-electron chi connectivity index (χ0n) is 17.9. The molecule has 0 saturated carbocycles. The molecule has 2 aromatic rings. The fraction of sp³-hybridized carbons (Fsp3) is 0.500. The van der Waals surface area contributed by atoms with Gasteiger partial charge in [0.25, 0.3) is 0 Å². The Hall–Kier alpha value is -2.24. The van der Waals surface area contributed by atoms with E-state index in [0.29, 0.717) is 12.5 Å². The van der Waals surface area contributed by atoms with Gasteiger partial charge in [-0.15, -0.1) is 0 Å². The maximum Gasteiger partial charge on any atom is 0.137 e. The molecule has 3 rings (SSSR count). The van der Waals surface area contributed by atoms with Crippen LogP contribution in [0.15, 0.2) is 48.5 Å². The number of aliphatic hydroxyl groups is 1. The molecular weight excluding hydrogens is 364 g/mol. The lowest BCUT2D eigenvalue weighted by Crippen LogP contribution is -3.16. The monoisotopic (exact) mass is 399 g/mol. The van der Waals surface area contributed by atoms with Crippen molar-refractivity contribution in [1.82, 2.24) is 0 Å². The quantitative estimate of drug-likeness (QED) is 0.680. The first-order valence-electron chi connectivity index (χ1n) is 10.7. The third-order valence-electron chi connectivity index (χ3n) is 5.93. The van der Waals surface area contributed by atoms with Crippen LogP contribution < -0.4 is 19.3 Å². The molecule has 0 radical (unpaired) electrons. The van der Waals surface area contributed by atoms with Gasteiger partial charge >= 0.3 is 0 Å². The van der Waals surface area contributed by atoms with Crippen molar-refractivity contribution in [3.63, 3.8) is 0 Å². The number of hydrogen-bond acceptors (Lipinski definition) is 4. The zero-order valence-corrected chi connectivity index (χ0v) is 17.9. The van der Waals surface area contributed by atoms with Gasteiger partial charge < -0.3 is 24.4 Å². The molecule has 29 heavy (non-hydrogen) atoms. The number of benzene rings is 2. The number of rotatable bonds is 9. The molecule has 1 aliphatic heterocycles. The maximum absolute atomic E-state index is 10.5. The third-order valence-corrected chi connectivity index (χ3v) is 5.93. The van der Waals surface area contributed by atoms with Crippen LogP contribution >= 0.6 is 0 Å². The van der Waals surface area contributed by atoms with E-state index in [4.69, 9.17) is 9.47 Å². The number of piperazine rings is 1. The van der Waals surface area contributed by atoms with E-state index in [9.17, 15) is 5.11 Å². The van der Waals surface area contributed by atoms with E-state index in [2.05, 4.69) is 43.0 Å². The first-order valence-corrected chi connectivity index (χ1v) is 10.7. The Morgan fingerprint density at radius 2 is 1.76 bits per heavy atom. The van der Waals surface area contributed by atoms with Crippen molar-refractivity contribution in [3.8, 4) is 11.5 Å². The van der Waals surface area contributed by atoms with Gasteiger partial charge in [-0.2, -0.15) is 0 Å². The second kappa shape index (κ2) is 10.5. The fourth-order valence-corrected chi connectivity index (χ4v) is 3.90. The Bertz CT molecular complexity index is 742. The summed E-state index contributed by atoms with van der Waals surface area (Å²) in [4.78, 5) is 3.83. The minimum Gasteiger partial charge on any atom is -0.497 e. The molecule has 1 aliphatic rings. The number of anilines is 1. The van der Waals surface area contributed by atoms with Crippen molar-refractivity contribution in [2.75, 3.05) is 51.3 Å². The van der Waals surface area contributed by atoms with Crippen molar-refractivity contribution in [1.29, 1.82) is 0 Å². The molecule has 0 amide bonds. The minimum absolute atomic E-state index is 0.346. The van der Waals surface area contributed by atoms with Crippen LogP contribution in [0.1, 0.15) is 31.7 Å². The van der Waals surface area contributed by atoms with Gasteiger partial charge in [0.05, 0.1) is 33.3 Å². The summed E-state index contributed by atoms with van der Waals surface area (Å²) in [6.45, 7) is 9.49. The number of hydrogen-bond donors (Lipinski definition) is 2. The number of nitrogens with one attached hydrogen (secondary N) is 1. The minimum atomic E-state index is -0.456. The van der Waals surface area contributed by atoms with Gasteiger partial charge in [-0.25, -0.2) is 0 Å². The Morgan fingerprint density at radius 1 is 1.07 bits per heavy atom. The van der Waals surface area contributed by atoms with Gasteiger partial charge in [0.2, 0.25) is 0 Å². The second-order valence-corrected chi connectivity index (χ2v) is 7.95. The summed E-state index contributed by atoms with van der Waals surface area (Å²) in [6.07, 6.45) is 0.619. The molecule has 158 valence electrons. The highest BCUT2D eigenvalue weighted by molar-refractivity contribution is 5.49. The van der Waals surface area contributed by atoms with Crippen LogP contribution in [0.25, 0.3) is 0 Å². The van der Waals surface area contributed by atoms with Gasteiger partial charge in [0.15, 0.2) is 0 Å². The van der Waals surface area contributed by atoms with Crippen molar-refractivity contribution in [2.24, 2.45) is 0 Å². The molecule has 5 heteroatoms. The van der Waals surface area contributed by atoms with Gasteiger partial charge in [-0.1, -0.05) is 32.0 Å². The number of nitrogens with zero attached hydrogens (tertiary/aromatic N) is 1. The number of quaternary nitrogens is 1. The van der Waals surface area contributed by atoms with Crippen LogP contribution in [0.4, 0.5) is 5.69 Å². The van der Waals surface area contributed by atoms with E-state index >= 15 is 0 Å². The first-order chi connectivity index (χ1) is 14.1. The molecule has 1 heterocycles. The average Bonchev–Trinajstić information content (AvgIpc) is 2.78. The van der Waals surface area contributed by atoms with Crippen molar-refractivity contribution < 1.29 is 19.5 Å². The molecule has 5 nitrogen and oxygen atoms in total. The van der Waals surface area contributed by atoms with Crippen molar-refractivity contribution >= 4 is 5.69 Å². The summed E-state index contributed by atoms with van der Waals surface area (Å²) in [6, 6.07) is 16.4. The number of aliphatic hydroxyl groups excluding tert-OH is 1. The fourth-order valence-electron chi connectivity index (χ4n) is 3.90. The van der Waals surface area contributed by atoms with E-state index in [1.807, 2.05) is 24.3 Å². The average molecular weight is 400 g/mol. The van der Waals surface area contributed by atoms with Crippen molar-refractivity contribution in [2.45, 2.75) is 32.3 Å². The molecule has 2 N–H and O–H groups in total. The number of methoxy groups -OCH3 is 1. The largest absolute Gasteiger partial charge is 0.497 e. The van der Waals surface area contributed by atoms with Gasteiger partial charge in [0, 0.05) is 5.69 Å². The predicted molar refractivity (Wildman–Crippen MR) is 117 cm³/mol. The SMILES string of the molecule is CC[C@H](C)c1ccccc1OC[C@H](O)C[NH+]1CCN(c2ccc(OC)cc2)CC1. The van der Waals surface area contributed by atoms with Crippen LogP contribution in [0.2, 0.25) is 0 Å². The van der Waals surface area contributed by atoms with Gasteiger partial charge in [0.1, 0.15) is 30.8 Å². The highest BCUT2D eigenvalue weighted by atomic mass is 16.5.